The zero-order chi connectivity index (χ0) is 16.6. The van der Waals surface area contributed by atoms with Crippen molar-refractivity contribution in [2.24, 2.45) is 5.41 Å². The van der Waals surface area contributed by atoms with E-state index in [2.05, 4.69) is 28.1 Å². The number of Topliss-reactive ketones (excluding diaryl/α,β-unsaturated/α-hetero) is 1. The lowest BCUT2D eigenvalue weighted by atomic mass is 9.87. The zero-order valence-corrected chi connectivity index (χ0v) is 14.1. The van der Waals surface area contributed by atoms with Crippen molar-refractivity contribution in [1.82, 2.24) is 13.9 Å². The highest BCUT2D eigenvalue weighted by molar-refractivity contribution is 7.78. The quantitative estimate of drug-likeness (QED) is 0.562. The summed E-state index contributed by atoms with van der Waals surface area (Å²) < 4.78 is 1.54. The number of carbonyl (C=O) groups excluding carboxylic acids is 1. The van der Waals surface area contributed by atoms with Gasteiger partial charge >= 0.3 is 0 Å². The molecule has 0 saturated heterocycles. The Labute approximate surface area is 140 Å². The van der Waals surface area contributed by atoms with E-state index < -0.39 is 5.41 Å². The van der Waals surface area contributed by atoms with Crippen molar-refractivity contribution in [3.05, 3.63) is 48.3 Å². The monoisotopic (exact) mass is 326 g/mol. The van der Waals surface area contributed by atoms with Gasteiger partial charge in [-0.2, -0.15) is 0 Å². The van der Waals surface area contributed by atoms with Crippen LogP contribution in [0.2, 0.25) is 0 Å². The number of rotatable bonds is 3. The van der Waals surface area contributed by atoms with E-state index in [4.69, 9.17) is 0 Å². The zero-order valence-electron chi connectivity index (χ0n) is 13.2. The number of fused-ring (bicyclic) bond motifs is 1. The molecule has 6 heteroatoms. The van der Waals surface area contributed by atoms with Crippen molar-refractivity contribution >= 4 is 41.3 Å². The fourth-order valence-electron chi connectivity index (χ4n) is 2.28. The van der Waals surface area contributed by atoms with Crippen LogP contribution in [0.1, 0.15) is 31.1 Å². The van der Waals surface area contributed by atoms with Gasteiger partial charge in [0, 0.05) is 17.3 Å². The van der Waals surface area contributed by atoms with Crippen molar-refractivity contribution in [3.8, 4) is 0 Å². The van der Waals surface area contributed by atoms with Crippen molar-refractivity contribution in [1.29, 1.82) is 0 Å². The second kappa shape index (κ2) is 5.70. The molecule has 23 heavy (non-hydrogen) atoms. The molecule has 2 aromatic heterocycles. The molecule has 0 fully saturated rings. The highest BCUT2D eigenvalue weighted by Gasteiger charge is 2.27. The van der Waals surface area contributed by atoms with E-state index in [1.807, 2.05) is 51.1 Å². The van der Waals surface area contributed by atoms with Gasteiger partial charge in [-0.05, 0) is 12.1 Å². The molecular formula is C17H18N4OS. The molecule has 0 radical (unpaired) electrons. The van der Waals surface area contributed by atoms with Gasteiger partial charge in [0.05, 0.1) is 11.8 Å². The summed E-state index contributed by atoms with van der Waals surface area (Å²) >= 11 is 4.34. The third kappa shape index (κ3) is 3.07. The van der Waals surface area contributed by atoms with Gasteiger partial charge in [0.1, 0.15) is 11.3 Å². The molecule has 0 aliphatic carbocycles. The molecule has 0 aliphatic rings. The number of nitrogens with zero attached hydrogens (tertiary/aromatic N) is 3. The molecule has 118 valence electrons. The van der Waals surface area contributed by atoms with Crippen LogP contribution >= 0.6 is 12.8 Å². The summed E-state index contributed by atoms with van der Waals surface area (Å²) in [6, 6.07) is 9.70. The van der Waals surface area contributed by atoms with E-state index in [0.29, 0.717) is 22.5 Å². The lowest BCUT2D eigenvalue weighted by Crippen LogP contribution is -2.20. The number of benzene rings is 1. The molecule has 0 atom stereocenters. The van der Waals surface area contributed by atoms with Gasteiger partial charge in [-0.25, -0.2) is 9.97 Å². The van der Waals surface area contributed by atoms with E-state index >= 15 is 0 Å². The molecule has 1 N–H and O–H groups in total. The third-order valence-corrected chi connectivity index (χ3v) is 3.75. The Balaban J connectivity index is 2.06. The van der Waals surface area contributed by atoms with Crippen LogP contribution < -0.4 is 5.32 Å². The molecule has 2 heterocycles. The van der Waals surface area contributed by atoms with Gasteiger partial charge < -0.3 is 5.32 Å². The predicted octanol–water partition coefficient (Wildman–Crippen LogP) is 4.10. The Morgan fingerprint density at radius 3 is 2.57 bits per heavy atom. The average molecular weight is 326 g/mol. The van der Waals surface area contributed by atoms with E-state index in [1.54, 1.807) is 12.4 Å². The number of para-hydroxylation sites is 1. The Morgan fingerprint density at radius 1 is 1.22 bits per heavy atom. The minimum absolute atomic E-state index is 0.0152. The molecule has 3 rings (SSSR count). The van der Waals surface area contributed by atoms with Crippen molar-refractivity contribution < 1.29 is 4.79 Å². The second-order valence-corrected chi connectivity index (χ2v) is 6.82. The number of hydrogen-bond acceptors (Lipinski definition) is 5. The molecule has 0 bridgehead atoms. The van der Waals surface area contributed by atoms with Crippen LogP contribution in [0.15, 0.2) is 42.7 Å². The Hall–Kier alpha value is -2.34. The first-order valence-corrected chi connectivity index (χ1v) is 7.70. The average Bonchev–Trinajstić information content (AvgIpc) is 2.83. The largest absolute Gasteiger partial charge is 0.339 e. The summed E-state index contributed by atoms with van der Waals surface area (Å²) in [5.74, 6) is 0.604. The molecule has 5 nitrogen and oxygen atoms in total. The first-order chi connectivity index (χ1) is 10.9. The first kappa shape index (κ1) is 15.6. The maximum Gasteiger partial charge on any atom is 0.172 e. The van der Waals surface area contributed by atoms with Gasteiger partial charge in [-0.3, -0.25) is 8.77 Å². The number of anilines is 2. The van der Waals surface area contributed by atoms with E-state index in [-0.39, 0.29) is 5.78 Å². The Bertz CT molecular complexity index is 865. The summed E-state index contributed by atoms with van der Waals surface area (Å²) in [6.45, 7) is 5.66. The summed E-state index contributed by atoms with van der Waals surface area (Å²) in [6.07, 6.45) is 3.31. The smallest absolute Gasteiger partial charge is 0.172 e. The van der Waals surface area contributed by atoms with Crippen LogP contribution in [0.3, 0.4) is 0 Å². The SMILES string of the molecule is CC(C)(C)C(=O)c1cn(S)c2ncc(Nc3ccccc3)nc12. The van der Waals surface area contributed by atoms with Crippen LogP contribution in [0.5, 0.6) is 0 Å². The molecule has 3 aromatic rings. The third-order valence-electron chi connectivity index (χ3n) is 3.45. The molecule has 0 unspecified atom stereocenters. The van der Waals surface area contributed by atoms with Crippen LogP contribution in [0.4, 0.5) is 11.5 Å². The highest BCUT2D eigenvalue weighted by Crippen LogP contribution is 2.28. The standard InChI is InChI=1S/C17H18N4OS/c1-17(2,3)15(22)12-10-21(23)16-14(12)20-13(9-18-16)19-11-7-5-4-6-8-11/h4-10,23H,1-3H3,(H,19,20). The number of carbonyl (C=O) groups is 1. The van der Waals surface area contributed by atoms with Crippen LogP contribution in [-0.2, 0) is 0 Å². The minimum atomic E-state index is -0.493. The topological polar surface area (TPSA) is 59.8 Å². The lowest BCUT2D eigenvalue weighted by Gasteiger charge is -2.15. The first-order valence-electron chi connectivity index (χ1n) is 7.30. The number of nitrogens with one attached hydrogen (secondary N) is 1. The van der Waals surface area contributed by atoms with Gasteiger partial charge in [-0.15, -0.1) is 0 Å². The van der Waals surface area contributed by atoms with Gasteiger partial charge in [0.15, 0.2) is 11.4 Å². The molecule has 0 spiro atoms. The van der Waals surface area contributed by atoms with Crippen molar-refractivity contribution in [2.45, 2.75) is 20.8 Å². The fourth-order valence-corrected chi connectivity index (χ4v) is 2.54. The van der Waals surface area contributed by atoms with Crippen LogP contribution in [0.25, 0.3) is 11.2 Å². The molecule has 1 aromatic carbocycles. The Morgan fingerprint density at radius 2 is 1.91 bits per heavy atom. The van der Waals surface area contributed by atoms with Crippen molar-refractivity contribution in [2.75, 3.05) is 5.32 Å². The number of aromatic nitrogens is 3. The molecule has 0 aliphatic heterocycles. The number of thiol groups is 1. The summed E-state index contributed by atoms with van der Waals surface area (Å²) in [5.41, 5.74) is 2.08. The van der Waals surface area contributed by atoms with Crippen LogP contribution in [-0.4, -0.2) is 19.7 Å². The molecular weight excluding hydrogens is 308 g/mol. The van der Waals surface area contributed by atoms with E-state index in [0.717, 1.165) is 5.69 Å². The maximum absolute atomic E-state index is 12.6. The number of hydrogen-bond donors (Lipinski definition) is 2. The second-order valence-electron chi connectivity index (χ2n) is 6.38. The van der Waals surface area contributed by atoms with Gasteiger partial charge in [0.2, 0.25) is 0 Å². The van der Waals surface area contributed by atoms with Gasteiger partial charge in [-0.1, -0.05) is 51.8 Å². The predicted molar refractivity (Wildman–Crippen MR) is 95.4 cm³/mol. The lowest BCUT2D eigenvalue weighted by molar-refractivity contribution is 0.0860. The van der Waals surface area contributed by atoms with E-state index in [9.17, 15) is 4.79 Å². The number of ketones is 1. The summed E-state index contributed by atoms with van der Waals surface area (Å²) in [4.78, 5) is 21.6. The summed E-state index contributed by atoms with van der Waals surface area (Å²) in [7, 11) is 0. The van der Waals surface area contributed by atoms with Crippen LogP contribution in [0, 0.1) is 5.41 Å². The van der Waals surface area contributed by atoms with E-state index in [1.165, 1.54) is 3.97 Å². The van der Waals surface area contributed by atoms with Gasteiger partial charge in [0.25, 0.3) is 0 Å². The minimum Gasteiger partial charge on any atom is -0.339 e. The van der Waals surface area contributed by atoms with Crippen molar-refractivity contribution in [3.63, 3.8) is 0 Å². The molecule has 0 saturated carbocycles. The summed E-state index contributed by atoms with van der Waals surface area (Å²) in [5, 5.41) is 3.19. The normalized spacial score (nSPS) is 11.7. The maximum atomic E-state index is 12.6. The Kier molecular flexibility index (Phi) is 3.85. The highest BCUT2D eigenvalue weighted by atomic mass is 32.1. The molecule has 0 amide bonds. The fraction of sp³-hybridized carbons (Fsp3) is 0.235.